The molecule has 3 aromatic rings. The average Bonchev–Trinajstić information content (AvgIpc) is 3.97. The van der Waals surface area contributed by atoms with Crippen LogP contribution in [-0.2, 0) is 45.2 Å². The highest BCUT2D eigenvalue weighted by atomic mass is 32.2. The van der Waals surface area contributed by atoms with E-state index < -0.39 is 53.6 Å². The SMILES string of the molecule is CCCCN1C=[N+](CCCCS(=O)(=O)[O-])CC1.CCCC[N+]1(CCCS(=O)(=O)[O-])CCCC1.COCC[N+](C)(C)CS(=O)(=O)[O-].O=S(=O)([O-])CCC[P+](c1ccccc1)(c1ccccc1)c1ccccc1. The maximum Gasteiger partial charge on any atom is 0.234 e. The molecule has 0 aliphatic carbocycles. The van der Waals surface area contributed by atoms with Crippen molar-refractivity contribution in [3.8, 4) is 0 Å². The molecular weight excluding hydrogens is 1010 g/mol. The number of methoxy groups -OCH3 is 1. The van der Waals surface area contributed by atoms with E-state index in [9.17, 15) is 51.9 Å². The van der Waals surface area contributed by atoms with Gasteiger partial charge in [0.25, 0.3) is 0 Å². The van der Waals surface area contributed by atoms with E-state index in [1.807, 2.05) is 54.6 Å². The minimum absolute atomic E-state index is 0.139. The number of hydrogen-bond donors (Lipinski definition) is 0. The number of hydrogen-bond acceptors (Lipinski definition) is 14. The highest BCUT2D eigenvalue weighted by molar-refractivity contribution is 7.95. The molecule has 0 N–H and O–H groups in total. The molecule has 0 unspecified atom stereocenters. The summed E-state index contributed by atoms with van der Waals surface area (Å²) in [6.07, 6.45) is 12.1. The Morgan fingerprint density at radius 2 is 1.07 bits per heavy atom. The van der Waals surface area contributed by atoms with Gasteiger partial charge in [-0.2, -0.15) is 0 Å². The van der Waals surface area contributed by atoms with E-state index in [0.717, 1.165) is 50.2 Å². The second-order valence-electron chi connectivity index (χ2n) is 18.9. The van der Waals surface area contributed by atoms with Crippen LogP contribution in [0, 0.1) is 0 Å². The van der Waals surface area contributed by atoms with Gasteiger partial charge in [-0.3, -0.25) is 9.48 Å². The van der Waals surface area contributed by atoms with Gasteiger partial charge in [0, 0.05) is 43.6 Å². The van der Waals surface area contributed by atoms with Gasteiger partial charge in [0.2, 0.25) is 6.34 Å². The molecule has 404 valence electrons. The van der Waals surface area contributed by atoms with Crippen molar-refractivity contribution in [3.05, 3.63) is 91.0 Å². The molecule has 0 saturated carbocycles. The standard InChI is InChI=1S/C21H21O3PS.C11H22N2O3S.C11H23NO3S.C6H15NO4S/c22-26(23,24)18-10-17-25(19-11-4-1-5-12-19,20-13-6-2-7-14-20)21-15-8-3-9-16-21;1-2-3-6-12-8-9-13(11-12)7-4-5-10-17(14,15)16;1-2-3-7-12(8-4-5-9-12)10-6-11-16(13,14)15;1-7(2,4-5-11-3)6-12(8,9)10/h1-9,11-16H,10,17-18H2;11H,2-10H2,1H3;2-11H2,1H3;4-6H2,1-3H3. The van der Waals surface area contributed by atoms with Crippen molar-refractivity contribution >= 4 is 70.0 Å². The number of likely N-dealkylation sites (N-methyl/N-ethyl adjacent to an activating group) is 1. The summed E-state index contributed by atoms with van der Waals surface area (Å²) < 4.78 is 136. The van der Waals surface area contributed by atoms with Gasteiger partial charge in [-0.25, -0.2) is 33.7 Å². The molecule has 71 heavy (non-hydrogen) atoms. The number of rotatable bonds is 27. The number of benzene rings is 3. The Labute approximate surface area is 427 Å². The Hall–Kier alpha value is -2.92. The molecule has 22 heteroatoms. The van der Waals surface area contributed by atoms with Gasteiger partial charge < -0.3 is 31.9 Å². The Bertz CT molecular complexity index is 2330. The Kier molecular flexibility index (Phi) is 28.7. The molecule has 0 spiro atoms. The number of ether oxygens (including phenoxy) is 1. The van der Waals surface area contributed by atoms with E-state index in [1.165, 1.54) is 74.6 Å². The van der Waals surface area contributed by atoms with Gasteiger partial charge in [-0.1, -0.05) is 81.3 Å². The molecule has 0 atom stereocenters. The highest BCUT2D eigenvalue weighted by Crippen LogP contribution is 2.55. The van der Waals surface area contributed by atoms with Gasteiger partial charge in [0.15, 0.2) is 5.88 Å². The maximum atomic E-state index is 11.2. The van der Waals surface area contributed by atoms with Crippen molar-refractivity contribution in [2.75, 3.05) is 116 Å². The lowest BCUT2D eigenvalue weighted by atomic mass is 10.2. The van der Waals surface area contributed by atoms with Crippen molar-refractivity contribution in [1.29, 1.82) is 0 Å². The molecule has 2 aliphatic heterocycles. The van der Waals surface area contributed by atoms with Gasteiger partial charge in [0.1, 0.15) is 52.9 Å². The number of nitrogens with zero attached hydrogens (tertiary/aromatic N) is 4. The third-order valence-electron chi connectivity index (χ3n) is 12.3. The number of likely N-dealkylation sites (tertiary alicyclic amines) is 1. The summed E-state index contributed by atoms with van der Waals surface area (Å²) in [4.78, 5) is 2.30. The average molecular weight is 1090 g/mol. The topological polar surface area (TPSA) is 244 Å². The molecule has 5 rings (SSSR count). The molecular formula is C49H81N4O13PS4. The summed E-state index contributed by atoms with van der Waals surface area (Å²) in [7, 11) is -13.6. The van der Waals surface area contributed by atoms with E-state index in [0.29, 0.717) is 38.6 Å². The molecule has 0 aromatic heterocycles. The van der Waals surface area contributed by atoms with Gasteiger partial charge in [-0.05, 0) is 68.5 Å². The second kappa shape index (κ2) is 31.7. The highest BCUT2D eigenvalue weighted by Gasteiger charge is 2.44. The first-order chi connectivity index (χ1) is 33.3. The van der Waals surface area contributed by atoms with Crippen LogP contribution in [0.5, 0.6) is 0 Å². The monoisotopic (exact) mass is 1090 g/mol. The van der Waals surface area contributed by atoms with E-state index in [4.69, 9.17) is 4.74 Å². The molecule has 2 aliphatic rings. The van der Waals surface area contributed by atoms with Crippen molar-refractivity contribution in [3.63, 3.8) is 0 Å². The van der Waals surface area contributed by atoms with E-state index in [1.54, 1.807) is 14.1 Å². The normalized spacial score (nSPS) is 15.1. The zero-order chi connectivity index (χ0) is 53.1. The van der Waals surface area contributed by atoms with Crippen LogP contribution < -0.4 is 15.9 Å². The largest absolute Gasteiger partial charge is 0.748 e. The Morgan fingerprint density at radius 3 is 1.51 bits per heavy atom. The van der Waals surface area contributed by atoms with E-state index in [-0.39, 0.29) is 21.7 Å². The quantitative estimate of drug-likeness (QED) is 0.0346. The maximum absolute atomic E-state index is 11.2. The number of quaternary nitrogens is 2. The van der Waals surface area contributed by atoms with Gasteiger partial charge in [0.05, 0.1) is 96.5 Å². The lowest BCUT2D eigenvalue weighted by Gasteiger charge is -2.34. The summed E-state index contributed by atoms with van der Waals surface area (Å²) in [6, 6.07) is 30.7. The fraction of sp³-hybridized carbons (Fsp3) is 0.612. The summed E-state index contributed by atoms with van der Waals surface area (Å²) in [5.74, 6) is -1.16. The minimum atomic E-state index is -4.23. The van der Waals surface area contributed by atoms with Crippen molar-refractivity contribution in [2.45, 2.75) is 78.1 Å². The summed E-state index contributed by atoms with van der Waals surface area (Å²) in [5.41, 5.74) is 0. The van der Waals surface area contributed by atoms with Crippen LogP contribution in [-0.4, -0.2) is 193 Å². The summed E-state index contributed by atoms with van der Waals surface area (Å²) in [6.45, 7) is 13.7. The lowest BCUT2D eigenvalue weighted by molar-refractivity contribution is -0.917. The van der Waals surface area contributed by atoms with Crippen LogP contribution in [0.1, 0.15) is 78.1 Å². The Balaban J connectivity index is 0.000000339. The van der Waals surface area contributed by atoms with Crippen LogP contribution in [0.25, 0.3) is 0 Å². The first kappa shape index (κ1) is 64.2. The van der Waals surface area contributed by atoms with E-state index in [2.05, 4.69) is 66.1 Å². The summed E-state index contributed by atoms with van der Waals surface area (Å²) >= 11 is 0. The Morgan fingerprint density at radius 1 is 0.620 bits per heavy atom. The third kappa shape index (κ3) is 27.8. The van der Waals surface area contributed by atoms with Crippen molar-refractivity contribution in [1.82, 2.24) is 4.90 Å². The summed E-state index contributed by atoms with van der Waals surface area (Å²) in [5, 5.41) is 3.59. The fourth-order valence-corrected chi connectivity index (χ4v) is 15.8. The van der Waals surface area contributed by atoms with Crippen LogP contribution in [0.2, 0.25) is 0 Å². The lowest BCUT2D eigenvalue weighted by Crippen LogP contribution is -2.47. The molecule has 0 radical (unpaired) electrons. The fourth-order valence-electron chi connectivity index (χ4n) is 8.72. The molecule has 1 saturated heterocycles. The molecule has 2 heterocycles. The molecule has 0 bridgehead atoms. The van der Waals surface area contributed by atoms with Crippen LogP contribution in [0.15, 0.2) is 91.0 Å². The predicted octanol–water partition coefficient (Wildman–Crippen LogP) is 3.93. The molecule has 17 nitrogen and oxygen atoms in total. The smallest absolute Gasteiger partial charge is 0.234 e. The van der Waals surface area contributed by atoms with E-state index >= 15 is 0 Å². The van der Waals surface area contributed by atoms with Gasteiger partial charge >= 0.3 is 0 Å². The first-order valence-electron chi connectivity index (χ1n) is 24.6. The zero-order valence-corrected chi connectivity index (χ0v) is 46.8. The van der Waals surface area contributed by atoms with Crippen molar-refractivity contribution < 1.29 is 70.2 Å². The molecule has 1 fully saturated rings. The van der Waals surface area contributed by atoms with Crippen LogP contribution in [0.4, 0.5) is 0 Å². The van der Waals surface area contributed by atoms with Gasteiger partial charge in [-0.15, -0.1) is 0 Å². The molecule has 0 amide bonds. The van der Waals surface area contributed by atoms with Crippen molar-refractivity contribution in [2.24, 2.45) is 0 Å². The van der Waals surface area contributed by atoms with Crippen LogP contribution in [0.3, 0.4) is 0 Å². The van der Waals surface area contributed by atoms with Crippen LogP contribution >= 0.6 is 7.26 Å². The first-order valence-corrected chi connectivity index (χ1v) is 32.8. The molecule has 3 aromatic carbocycles. The second-order valence-corrected chi connectivity index (χ2v) is 28.5. The zero-order valence-electron chi connectivity index (χ0n) is 42.6. The number of unbranched alkanes of at least 4 members (excludes halogenated alkanes) is 3. The minimum Gasteiger partial charge on any atom is -0.748 e. The predicted molar refractivity (Wildman–Crippen MR) is 282 cm³/mol. The third-order valence-corrected chi connectivity index (χ3v) is 20.2.